The number of amides is 1. The second-order valence-corrected chi connectivity index (χ2v) is 4.81. The van der Waals surface area contributed by atoms with Gasteiger partial charge in [-0.2, -0.15) is 0 Å². The SMILES string of the molecule is CNc1cc(C(=O)Nc2nc(C)cs2)cc(Cl)n1. The maximum absolute atomic E-state index is 12.0. The minimum atomic E-state index is -0.259. The molecule has 0 fully saturated rings. The molecule has 0 saturated heterocycles. The van der Waals surface area contributed by atoms with E-state index in [0.29, 0.717) is 16.5 Å². The summed E-state index contributed by atoms with van der Waals surface area (Å²) in [5.41, 5.74) is 1.31. The number of carbonyl (C=O) groups excluding carboxylic acids is 1. The van der Waals surface area contributed by atoms with Crippen molar-refractivity contribution in [2.45, 2.75) is 6.92 Å². The van der Waals surface area contributed by atoms with Gasteiger partial charge < -0.3 is 5.32 Å². The van der Waals surface area contributed by atoms with Gasteiger partial charge in [-0.3, -0.25) is 10.1 Å². The lowest BCUT2D eigenvalue weighted by atomic mass is 10.2. The number of halogens is 1. The average Bonchev–Trinajstić information content (AvgIpc) is 2.73. The molecule has 2 heterocycles. The van der Waals surface area contributed by atoms with E-state index >= 15 is 0 Å². The van der Waals surface area contributed by atoms with Crippen LogP contribution in [-0.2, 0) is 0 Å². The topological polar surface area (TPSA) is 66.9 Å². The van der Waals surface area contributed by atoms with Crippen molar-refractivity contribution < 1.29 is 4.79 Å². The summed E-state index contributed by atoms with van der Waals surface area (Å²) < 4.78 is 0. The van der Waals surface area contributed by atoms with Gasteiger partial charge in [0, 0.05) is 18.0 Å². The van der Waals surface area contributed by atoms with Gasteiger partial charge >= 0.3 is 0 Å². The summed E-state index contributed by atoms with van der Waals surface area (Å²) in [6.45, 7) is 1.87. The summed E-state index contributed by atoms with van der Waals surface area (Å²) in [7, 11) is 1.71. The maximum atomic E-state index is 12.0. The minimum absolute atomic E-state index is 0.259. The van der Waals surface area contributed by atoms with Crippen LogP contribution in [0.4, 0.5) is 10.9 Å². The molecule has 0 aliphatic rings. The second kappa shape index (κ2) is 5.32. The minimum Gasteiger partial charge on any atom is -0.373 e. The van der Waals surface area contributed by atoms with Crippen LogP contribution in [0.1, 0.15) is 16.1 Å². The first kappa shape index (κ1) is 12.8. The Labute approximate surface area is 113 Å². The van der Waals surface area contributed by atoms with E-state index in [0.717, 1.165) is 5.69 Å². The molecule has 0 atom stereocenters. The Bertz CT molecular complexity index is 584. The largest absolute Gasteiger partial charge is 0.373 e. The number of aromatic nitrogens is 2. The number of hydrogen-bond donors (Lipinski definition) is 2. The Morgan fingerprint density at radius 3 is 2.78 bits per heavy atom. The highest BCUT2D eigenvalue weighted by Gasteiger charge is 2.10. The Balaban J connectivity index is 2.20. The normalized spacial score (nSPS) is 10.2. The fourth-order valence-electron chi connectivity index (χ4n) is 1.34. The molecule has 2 aromatic heterocycles. The van der Waals surface area contributed by atoms with Crippen LogP contribution in [0.3, 0.4) is 0 Å². The standard InChI is InChI=1S/C11H11ClN4OS/c1-6-5-18-11(14-6)16-10(17)7-3-8(12)15-9(4-7)13-2/h3-5H,1-2H3,(H,13,15)(H,14,16,17). The van der Waals surface area contributed by atoms with Gasteiger partial charge in [0.25, 0.3) is 5.91 Å². The number of nitrogens with zero attached hydrogens (tertiary/aromatic N) is 2. The molecule has 0 saturated carbocycles. The van der Waals surface area contributed by atoms with Crippen molar-refractivity contribution in [1.29, 1.82) is 0 Å². The highest BCUT2D eigenvalue weighted by molar-refractivity contribution is 7.13. The summed E-state index contributed by atoms with van der Waals surface area (Å²) in [6, 6.07) is 3.14. The smallest absolute Gasteiger partial charge is 0.257 e. The number of aryl methyl sites for hydroxylation is 1. The fourth-order valence-corrected chi connectivity index (χ4v) is 2.23. The highest BCUT2D eigenvalue weighted by Crippen LogP contribution is 2.18. The number of nitrogens with one attached hydrogen (secondary N) is 2. The molecule has 94 valence electrons. The van der Waals surface area contributed by atoms with Crippen LogP contribution in [0, 0.1) is 6.92 Å². The molecule has 7 heteroatoms. The maximum Gasteiger partial charge on any atom is 0.257 e. The molecule has 5 nitrogen and oxygen atoms in total. The van der Waals surface area contributed by atoms with Crippen molar-refractivity contribution in [3.63, 3.8) is 0 Å². The average molecular weight is 283 g/mol. The zero-order valence-corrected chi connectivity index (χ0v) is 11.4. The Hall–Kier alpha value is -1.66. The monoisotopic (exact) mass is 282 g/mol. The van der Waals surface area contributed by atoms with E-state index < -0.39 is 0 Å². The molecule has 0 aliphatic carbocycles. The summed E-state index contributed by atoms with van der Waals surface area (Å²) in [5, 5.41) is 8.26. The van der Waals surface area contributed by atoms with Crippen molar-refractivity contribution in [3.05, 3.63) is 33.9 Å². The van der Waals surface area contributed by atoms with Gasteiger partial charge in [-0.15, -0.1) is 11.3 Å². The lowest BCUT2D eigenvalue weighted by Crippen LogP contribution is -2.12. The zero-order chi connectivity index (χ0) is 13.1. The molecule has 2 rings (SSSR count). The molecule has 1 amide bonds. The van der Waals surface area contributed by atoms with Crippen molar-refractivity contribution in [3.8, 4) is 0 Å². The third-order valence-corrected chi connectivity index (χ3v) is 3.22. The Morgan fingerprint density at radius 2 is 2.17 bits per heavy atom. The summed E-state index contributed by atoms with van der Waals surface area (Å²) in [4.78, 5) is 20.2. The van der Waals surface area contributed by atoms with E-state index in [9.17, 15) is 4.79 Å². The molecule has 0 aromatic carbocycles. The number of rotatable bonds is 3. The van der Waals surface area contributed by atoms with Crippen molar-refractivity contribution >= 4 is 39.8 Å². The number of hydrogen-bond acceptors (Lipinski definition) is 5. The zero-order valence-electron chi connectivity index (χ0n) is 9.82. The van der Waals surface area contributed by atoms with E-state index in [1.165, 1.54) is 17.4 Å². The number of carbonyl (C=O) groups is 1. The first-order valence-electron chi connectivity index (χ1n) is 5.17. The predicted molar refractivity (Wildman–Crippen MR) is 73.6 cm³/mol. The van der Waals surface area contributed by atoms with Crippen molar-refractivity contribution in [1.82, 2.24) is 9.97 Å². The van der Waals surface area contributed by atoms with E-state index in [-0.39, 0.29) is 11.1 Å². The van der Waals surface area contributed by atoms with Crippen molar-refractivity contribution in [2.75, 3.05) is 17.7 Å². The number of anilines is 2. The molecule has 0 spiro atoms. The lowest BCUT2D eigenvalue weighted by Gasteiger charge is -2.05. The van der Waals surface area contributed by atoms with Crippen LogP contribution in [0.5, 0.6) is 0 Å². The fraction of sp³-hybridized carbons (Fsp3) is 0.182. The van der Waals surface area contributed by atoms with Crippen LogP contribution >= 0.6 is 22.9 Å². The molecule has 0 aliphatic heterocycles. The predicted octanol–water partition coefficient (Wildman–Crippen LogP) is 2.79. The van der Waals surface area contributed by atoms with Crippen LogP contribution in [-0.4, -0.2) is 22.9 Å². The molecule has 0 radical (unpaired) electrons. The molecule has 18 heavy (non-hydrogen) atoms. The second-order valence-electron chi connectivity index (χ2n) is 3.56. The van der Waals surface area contributed by atoms with Gasteiger partial charge in [-0.25, -0.2) is 9.97 Å². The van der Waals surface area contributed by atoms with Crippen LogP contribution < -0.4 is 10.6 Å². The summed E-state index contributed by atoms with van der Waals surface area (Å²) in [6.07, 6.45) is 0. The van der Waals surface area contributed by atoms with E-state index in [1.807, 2.05) is 12.3 Å². The van der Waals surface area contributed by atoms with E-state index in [2.05, 4.69) is 20.6 Å². The highest BCUT2D eigenvalue weighted by atomic mass is 35.5. The van der Waals surface area contributed by atoms with Gasteiger partial charge in [0.05, 0.1) is 5.69 Å². The van der Waals surface area contributed by atoms with Gasteiger partial charge in [0.1, 0.15) is 11.0 Å². The van der Waals surface area contributed by atoms with Crippen LogP contribution in [0.2, 0.25) is 5.15 Å². The Morgan fingerprint density at radius 1 is 1.39 bits per heavy atom. The number of pyridine rings is 1. The molecule has 0 bridgehead atoms. The van der Waals surface area contributed by atoms with Crippen molar-refractivity contribution in [2.24, 2.45) is 0 Å². The third-order valence-electron chi connectivity index (χ3n) is 2.15. The molecule has 2 aromatic rings. The molecular weight excluding hydrogens is 272 g/mol. The van der Waals surface area contributed by atoms with Gasteiger partial charge in [0.15, 0.2) is 5.13 Å². The van der Waals surface area contributed by atoms with Crippen LogP contribution in [0.25, 0.3) is 0 Å². The van der Waals surface area contributed by atoms with E-state index in [1.54, 1.807) is 13.1 Å². The summed E-state index contributed by atoms with van der Waals surface area (Å²) in [5.74, 6) is 0.285. The molecular formula is C11H11ClN4OS. The summed E-state index contributed by atoms with van der Waals surface area (Å²) >= 11 is 7.22. The van der Waals surface area contributed by atoms with Gasteiger partial charge in [-0.05, 0) is 19.1 Å². The van der Waals surface area contributed by atoms with Gasteiger partial charge in [0.2, 0.25) is 0 Å². The molecule has 2 N–H and O–H groups in total. The lowest BCUT2D eigenvalue weighted by molar-refractivity contribution is 0.102. The third kappa shape index (κ3) is 2.96. The first-order chi connectivity index (χ1) is 8.58. The van der Waals surface area contributed by atoms with E-state index in [4.69, 9.17) is 11.6 Å². The number of thiazole rings is 1. The molecule has 0 unspecified atom stereocenters. The van der Waals surface area contributed by atoms with Gasteiger partial charge in [-0.1, -0.05) is 11.6 Å². The Kier molecular flexibility index (Phi) is 3.78. The first-order valence-corrected chi connectivity index (χ1v) is 6.43. The quantitative estimate of drug-likeness (QED) is 0.850. The van der Waals surface area contributed by atoms with Crippen LogP contribution in [0.15, 0.2) is 17.5 Å².